The summed E-state index contributed by atoms with van der Waals surface area (Å²) in [6, 6.07) is 20.3. The molecule has 2 aliphatic heterocycles. The van der Waals surface area contributed by atoms with Gasteiger partial charge in [-0.15, -0.1) is 0 Å². The van der Waals surface area contributed by atoms with Gasteiger partial charge in [0.2, 0.25) is 5.91 Å². The van der Waals surface area contributed by atoms with Crippen LogP contribution in [0.4, 0.5) is 0 Å². The Morgan fingerprint density at radius 3 is 2.61 bits per heavy atom. The van der Waals surface area contributed by atoms with Crippen LogP contribution in [0, 0.1) is 6.92 Å². The maximum atomic E-state index is 13.9. The molecule has 3 aromatic rings. The highest BCUT2D eigenvalue weighted by molar-refractivity contribution is 6.30. The van der Waals surface area contributed by atoms with E-state index in [1.807, 2.05) is 35.2 Å². The second-order valence-electron chi connectivity index (χ2n) is 10.0. The molecule has 5 nitrogen and oxygen atoms in total. The number of benzene rings is 3. The normalized spacial score (nSPS) is 20.3. The second-order valence-corrected chi connectivity index (χ2v) is 10.5. The van der Waals surface area contributed by atoms with Crippen LogP contribution in [0.25, 0.3) is 11.1 Å². The van der Waals surface area contributed by atoms with Crippen LogP contribution in [-0.4, -0.2) is 43.3 Å². The van der Waals surface area contributed by atoms with E-state index in [1.165, 1.54) is 5.56 Å². The zero-order valence-electron chi connectivity index (χ0n) is 20.5. The van der Waals surface area contributed by atoms with Gasteiger partial charge in [0, 0.05) is 23.6 Å². The highest BCUT2D eigenvalue weighted by Crippen LogP contribution is 2.50. The van der Waals surface area contributed by atoms with Gasteiger partial charge < -0.3 is 19.1 Å². The van der Waals surface area contributed by atoms with Crippen molar-refractivity contribution < 1.29 is 19.0 Å². The van der Waals surface area contributed by atoms with Gasteiger partial charge in [-0.2, -0.15) is 0 Å². The monoisotopic (exact) mass is 503 g/mol. The molecule has 2 fully saturated rings. The van der Waals surface area contributed by atoms with Crippen molar-refractivity contribution in [3.8, 4) is 22.6 Å². The number of hydrogen-bond acceptors (Lipinski definition) is 4. The molecule has 1 saturated carbocycles. The number of amides is 1. The molecule has 0 spiro atoms. The number of nitrogens with zero attached hydrogens (tertiary/aromatic N) is 1. The fraction of sp³-hybridized carbons (Fsp3) is 0.367. The first-order valence-corrected chi connectivity index (χ1v) is 13.1. The van der Waals surface area contributed by atoms with Crippen LogP contribution in [0.3, 0.4) is 0 Å². The van der Waals surface area contributed by atoms with Gasteiger partial charge in [0.15, 0.2) is 11.5 Å². The van der Waals surface area contributed by atoms with Crippen molar-refractivity contribution in [1.82, 2.24) is 4.90 Å². The van der Waals surface area contributed by atoms with Gasteiger partial charge in [0.1, 0.15) is 12.7 Å². The van der Waals surface area contributed by atoms with Crippen molar-refractivity contribution in [3.05, 3.63) is 82.4 Å². The molecule has 0 radical (unpaired) electrons. The van der Waals surface area contributed by atoms with E-state index in [0.29, 0.717) is 37.9 Å². The molecule has 0 bridgehead atoms. The summed E-state index contributed by atoms with van der Waals surface area (Å²) in [7, 11) is 0. The lowest BCUT2D eigenvalue weighted by molar-refractivity contribution is -0.134. The molecule has 6 rings (SSSR count). The predicted octanol–water partition coefficient (Wildman–Crippen LogP) is 5.94. The first-order valence-electron chi connectivity index (χ1n) is 12.7. The number of hydrogen-bond donors (Lipinski definition) is 0. The Morgan fingerprint density at radius 2 is 1.89 bits per heavy atom. The van der Waals surface area contributed by atoms with Crippen molar-refractivity contribution in [1.29, 1.82) is 0 Å². The zero-order chi connectivity index (χ0) is 24.7. The van der Waals surface area contributed by atoms with Crippen LogP contribution in [0.2, 0.25) is 5.02 Å². The van der Waals surface area contributed by atoms with Gasteiger partial charge in [0.25, 0.3) is 0 Å². The molecule has 3 aromatic carbocycles. The predicted molar refractivity (Wildman–Crippen MR) is 140 cm³/mol. The summed E-state index contributed by atoms with van der Waals surface area (Å²) in [6.45, 7) is 4.85. The third kappa shape index (κ3) is 4.35. The van der Waals surface area contributed by atoms with Crippen LogP contribution in [-0.2, 0) is 21.5 Å². The quantitative estimate of drug-likeness (QED) is 0.432. The van der Waals surface area contributed by atoms with Crippen molar-refractivity contribution in [3.63, 3.8) is 0 Å². The molecule has 1 saturated heterocycles. The minimum Gasteiger partial charge on any atom is -0.487 e. The molecular formula is C30H30ClNO4. The summed E-state index contributed by atoms with van der Waals surface area (Å²) in [6.07, 6.45) is 2.58. The van der Waals surface area contributed by atoms with E-state index < -0.39 is 5.41 Å². The third-order valence-electron chi connectivity index (χ3n) is 7.58. The topological polar surface area (TPSA) is 48.0 Å². The molecule has 6 heteroatoms. The van der Waals surface area contributed by atoms with Gasteiger partial charge in [-0.05, 0) is 66.3 Å². The van der Waals surface area contributed by atoms with Gasteiger partial charge in [-0.1, -0.05) is 48.0 Å². The molecule has 1 atom stereocenters. The molecule has 0 aromatic heterocycles. The summed E-state index contributed by atoms with van der Waals surface area (Å²) in [5.74, 6) is 1.63. The second kappa shape index (κ2) is 9.45. The molecule has 2 heterocycles. The van der Waals surface area contributed by atoms with Crippen molar-refractivity contribution in [2.24, 2.45) is 0 Å². The van der Waals surface area contributed by atoms with Crippen LogP contribution < -0.4 is 9.47 Å². The van der Waals surface area contributed by atoms with Gasteiger partial charge in [-0.25, -0.2) is 0 Å². The average Bonchev–Trinajstić information content (AvgIpc) is 3.59. The van der Waals surface area contributed by atoms with E-state index in [2.05, 4.69) is 37.3 Å². The summed E-state index contributed by atoms with van der Waals surface area (Å²) in [5.41, 5.74) is 4.97. The zero-order valence-corrected chi connectivity index (χ0v) is 21.2. The first kappa shape index (κ1) is 23.4. The number of rotatable bonds is 5. The molecule has 36 heavy (non-hydrogen) atoms. The smallest absolute Gasteiger partial charge is 0.233 e. The number of halogens is 1. The Balaban J connectivity index is 1.36. The molecule has 1 aliphatic carbocycles. The van der Waals surface area contributed by atoms with Crippen molar-refractivity contribution in [2.75, 3.05) is 26.4 Å². The van der Waals surface area contributed by atoms with Gasteiger partial charge >= 0.3 is 0 Å². The summed E-state index contributed by atoms with van der Waals surface area (Å²) in [5, 5.41) is 0.683. The van der Waals surface area contributed by atoms with E-state index in [1.54, 1.807) is 0 Å². The van der Waals surface area contributed by atoms with E-state index in [-0.39, 0.29) is 12.0 Å². The van der Waals surface area contributed by atoms with Crippen LogP contribution in [0.1, 0.15) is 36.0 Å². The number of fused-ring (bicyclic) bond motifs is 1. The van der Waals surface area contributed by atoms with E-state index >= 15 is 0 Å². The Morgan fingerprint density at radius 1 is 1.08 bits per heavy atom. The molecule has 1 amide bonds. The third-order valence-corrected chi connectivity index (χ3v) is 7.83. The Kier molecular flexibility index (Phi) is 6.14. The number of carbonyl (C=O) groups excluding carboxylic acids is 1. The maximum Gasteiger partial charge on any atom is 0.233 e. The molecule has 1 unspecified atom stereocenters. The summed E-state index contributed by atoms with van der Waals surface area (Å²) < 4.78 is 18.2. The van der Waals surface area contributed by atoms with Gasteiger partial charge in [-0.3, -0.25) is 4.79 Å². The largest absolute Gasteiger partial charge is 0.487 e. The maximum absolute atomic E-state index is 13.9. The Hall–Kier alpha value is -3.02. The lowest BCUT2D eigenvalue weighted by atomic mass is 9.93. The summed E-state index contributed by atoms with van der Waals surface area (Å²) in [4.78, 5) is 15.8. The highest BCUT2D eigenvalue weighted by atomic mass is 35.5. The summed E-state index contributed by atoms with van der Waals surface area (Å²) >= 11 is 6.11. The number of aryl methyl sites for hydroxylation is 1. The minimum absolute atomic E-state index is 0.00504. The number of ether oxygens (including phenoxy) is 3. The lowest BCUT2D eigenvalue weighted by Crippen LogP contribution is -2.40. The first-order chi connectivity index (χ1) is 17.5. The Bertz CT molecular complexity index is 1280. The number of carbonyl (C=O) groups is 1. The van der Waals surface area contributed by atoms with Crippen LogP contribution in [0.15, 0.2) is 60.7 Å². The lowest BCUT2D eigenvalue weighted by Gasteiger charge is -2.26. The van der Waals surface area contributed by atoms with E-state index in [9.17, 15) is 4.79 Å². The van der Waals surface area contributed by atoms with Crippen LogP contribution in [0.5, 0.6) is 11.5 Å². The SMILES string of the molecule is Cc1ccccc1-c1cc2c(c(OC3CCOC3)c1)OCCN(C(=O)C1(c3ccc(Cl)cc3)CC1)C2. The van der Waals surface area contributed by atoms with Crippen LogP contribution >= 0.6 is 11.6 Å². The van der Waals surface area contributed by atoms with Crippen molar-refractivity contribution in [2.45, 2.75) is 44.2 Å². The highest BCUT2D eigenvalue weighted by Gasteiger charge is 2.53. The van der Waals surface area contributed by atoms with E-state index in [0.717, 1.165) is 53.0 Å². The molecule has 186 valence electrons. The molecule has 0 N–H and O–H groups in total. The standard InChI is InChI=1S/C30H30ClNO4/c1-20-4-2-3-5-26(20)21-16-22-18-32(29(33)30(11-12-30)23-6-8-24(31)9-7-23)13-15-35-28(22)27(17-21)36-25-10-14-34-19-25/h2-9,16-17,25H,10-15,18-19H2,1H3. The minimum atomic E-state index is -0.455. The van der Waals surface area contributed by atoms with Crippen molar-refractivity contribution >= 4 is 17.5 Å². The van der Waals surface area contributed by atoms with Gasteiger partial charge in [0.05, 0.1) is 25.2 Å². The Labute approximate surface area is 216 Å². The molecular weight excluding hydrogens is 474 g/mol. The van der Waals surface area contributed by atoms with E-state index in [4.69, 9.17) is 25.8 Å². The average molecular weight is 504 g/mol. The fourth-order valence-electron chi connectivity index (χ4n) is 5.40. The molecule has 3 aliphatic rings. The fourth-order valence-corrected chi connectivity index (χ4v) is 5.53.